The maximum absolute atomic E-state index is 14.1. The molecule has 0 aliphatic carbocycles. The number of benzene rings is 1. The fraction of sp³-hybridized carbons (Fsp3) is 0.500. The van der Waals surface area contributed by atoms with E-state index < -0.39 is 20.7 Å². The normalized spacial score (nSPS) is 17.4. The Labute approximate surface area is 122 Å². The number of nitrogens with one attached hydrogen (secondary N) is 1. The van der Waals surface area contributed by atoms with Gasteiger partial charge in [0.1, 0.15) is 10.7 Å². The number of nitrogens with two attached hydrogens (primary N) is 1. The van der Waals surface area contributed by atoms with Crippen molar-refractivity contribution in [1.29, 1.82) is 0 Å². The molecule has 1 fully saturated rings. The Bertz CT molecular complexity index is 589. The summed E-state index contributed by atoms with van der Waals surface area (Å²) in [5, 5.41) is 0.138. The Morgan fingerprint density at radius 2 is 2.05 bits per heavy atom. The second kappa shape index (κ2) is 6.36. The number of rotatable bonds is 4. The van der Waals surface area contributed by atoms with Gasteiger partial charge in [-0.05, 0) is 25.0 Å². The Morgan fingerprint density at radius 3 is 2.65 bits per heavy atom. The van der Waals surface area contributed by atoms with Gasteiger partial charge in [0.15, 0.2) is 0 Å². The Kier molecular flexibility index (Phi) is 4.98. The molecule has 1 aliphatic heterocycles. The highest BCUT2D eigenvalue weighted by atomic mass is 35.5. The van der Waals surface area contributed by atoms with Gasteiger partial charge in [0, 0.05) is 36.4 Å². The summed E-state index contributed by atoms with van der Waals surface area (Å²) < 4.78 is 46.3. The highest BCUT2D eigenvalue weighted by Gasteiger charge is 2.26. The van der Waals surface area contributed by atoms with E-state index in [-0.39, 0.29) is 23.2 Å². The first kappa shape index (κ1) is 15.7. The molecule has 20 heavy (non-hydrogen) atoms. The minimum Gasteiger partial charge on any atom is -0.381 e. The summed E-state index contributed by atoms with van der Waals surface area (Å²) in [7, 11) is -3.97. The van der Waals surface area contributed by atoms with E-state index in [4.69, 9.17) is 22.1 Å². The van der Waals surface area contributed by atoms with E-state index in [2.05, 4.69) is 4.72 Å². The molecule has 3 N–H and O–H groups in total. The van der Waals surface area contributed by atoms with Crippen LogP contribution in [0.4, 0.5) is 4.39 Å². The van der Waals surface area contributed by atoms with Gasteiger partial charge in [-0.3, -0.25) is 0 Å². The van der Waals surface area contributed by atoms with Gasteiger partial charge in [0.25, 0.3) is 0 Å². The first-order chi connectivity index (χ1) is 9.44. The highest BCUT2D eigenvalue weighted by molar-refractivity contribution is 7.89. The summed E-state index contributed by atoms with van der Waals surface area (Å²) in [6.45, 7) is 0.852. The average molecular weight is 323 g/mol. The standard InChI is InChI=1S/C12H16ClFN2O3S/c13-9-5-8(7-15)12(14)11(6-9)20(17,18)16-10-1-3-19-4-2-10/h5-6,10,16H,1-4,7,15H2. The maximum atomic E-state index is 14.1. The van der Waals surface area contributed by atoms with E-state index in [1.807, 2.05) is 0 Å². The summed E-state index contributed by atoms with van der Waals surface area (Å²) >= 11 is 5.82. The molecule has 5 nitrogen and oxygen atoms in total. The number of halogens is 2. The van der Waals surface area contributed by atoms with Gasteiger partial charge in [-0.1, -0.05) is 11.6 Å². The van der Waals surface area contributed by atoms with E-state index in [0.29, 0.717) is 26.1 Å². The largest absolute Gasteiger partial charge is 0.381 e. The number of hydrogen-bond donors (Lipinski definition) is 2. The van der Waals surface area contributed by atoms with Gasteiger partial charge in [-0.2, -0.15) is 0 Å². The molecule has 1 saturated heterocycles. The van der Waals surface area contributed by atoms with E-state index in [1.165, 1.54) is 6.07 Å². The van der Waals surface area contributed by atoms with Crippen molar-refractivity contribution < 1.29 is 17.5 Å². The molecule has 0 spiro atoms. The van der Waals surface area contributed by atoms with Crippen molar-refractivity contribution in [1.82, 2.24) is 4.72 Å². The zero-order valence-corrected chi connectivity index (χ0v) is 12.3. The second-order valence-corrected chi connectivity index (χ2v) is 6.71. The van der Waals surface area contributed by atoms with E-state index >= 15 is 0 Å². The van der Waals surface area contributed by atoms with Crippen molar-refractivity contribution >= 4 is 21.6 Å². The van der Waals surface area contributed by atoms with Crippen LogP contribution < -0.4 is 10.5 Å². The molecule has 112 valence electrons. The van der Waals surface area contributed by atoms with Crippen LogP contribution in [0.1, 0.15) is 18.4 Å². The fourth-order valence-corrected chi connectivity index (χ4v) is 3.82. The predicted octanol–water partition coefficient (Wildman–Crippen LogP) is 1.40. The van der Waals surface area contributed by atoms with Crippen LogP contribution in [0.15, 0.2) is 17.0 Å². The minimum absolute atomic E-state index is 0.0739. The first-order valence-electron chi connectivity index (χ1n) is 6.22. The quantitative estimate of drug-likeness (QED) is 0.878. The van der Waals surface area contributed by atoms with Gasteiger partial charge in [0.2, 0.25) is 10.0 Å². The second-order valence-electron chi connectivity index (χ2n) is 4.59. The van der Waals surface area contributed by atoms with Crippen LogP contribution in [0.25, 0.3) is 0 Å². The molecule has 0 amide bonds. The molecule has 1 aliphatic rings. The van der Waals surface area contributed by atoms with Gasteiger partial charge in [-0.25, -0.2) is 17.5 Å². The molecule has 1 heterocycles. The zero-order chi connectivity index (χ0) is 14.8. The van der Waals surface area contributed by atoms with Crippen molar-refractivity contribution in [2.75, 3.05) is 13.2 Å². The Balaban J connectivity index is 2.31. The molecule has 0 saturated carbocycles. The summed E-state index contributed by atoms with van der Waals surface area (Å²) in [6.07, 6.45) is 1.12. The summed E-state index contributed by atoms with van der Waals surface area (Å²) in [4.78, 5) is -0.461. The predicted molar refractivity (Wildman–Crippen MR) is 73.5 cm³/mol. The third-order valence-corrected chi connectivity index (χ3v) is 4.87. The average Bonchev–Trinajstić information content (AvgIpc) is 2.41. The first-order valence-corrected chi connectivity index (χ1v) is 8.08. The number of hydrogen-bond acceptors (Lipinski definition) is 4. The Hall–Kier alpha value is -0.730. The van der Waals surface area contributed by atoms with Crippen LogP contribution in [0.5, 0.6) is 0 Å². The molecule has 1 aromatic carbocycles. The van der Waals surface area contributed by atoms with Crippen LogP contribution in [0.2, 0.25) is 5.02 Å². The van der Waals surface area contributed by atoms with Gasteiger partial charge >= 0.3 is 0 Å². The molecule has 1 aromatic rings. The van der Waals surface area contributed by atoms with Crippen LogP contribution in [-0.4, -0.2) is 27.7 Å². The molecule has 0 unspecified atom stereocenters. The summed E-state index contributed by atoms with van der Waals surface area (Å²) in [5.74, 6) is -0.851. The van der Waals surface area contributed by atoms with Crippen molar-refractivity contribution in [2.24, 2.45) is 5.73 Å². The smallest absolute Gasteiger partial charge is 0.243 e. The van der Waals surface area contributed by atoms with E-state index in [9.17, 15) is 12.8 Å². The fourth-order valence-electron chi connectivity index (χ4n) is 2.06. The lowest BCUT2D eigenvalue weighted by Crippen LogP contribution is -2.39. The van der Waals surface area contributed by atoms with Crippen LogP contribution >= 0.6 is 11.6 Å². The third kappa shape index (κ3) is 3.48. The summed E-state index contributed by atoms with van der Waals surface area (Å²) in [5.41, 5.74) is 5.46. The van der Waals surface area contributed by atoms with Crippen molar-refractivity contribution in [3.63, 3.8) is 0 Å². The Morgan fingerprint density at radius 1 is 1.40 bits per heavy atom. The molecule has 8 heteroatoms. The van der Waals surface area contributed by atoms with Gasteiger partial charge in [-0.15, -0.1) is 0 Å². The van der Waals surface area contributed by atoms with Gasteiger partial charge < -0.3 is 10.5 Å². The van der Waals surface area contributed by atoms with Crippen LogP contribution in [-0.2, 0) is 21.3 Å². The highest BCUT2D eigenvalue weighted by Crippen LogP contribution is 2.24. The van der Waals surface area contributed by atoms with Gasteiger partial charge in [0.05, 0.1) is 0 Å². The molecular formula is C12H16ClFN2O3S. The molecular weight excluding hydrogens is 307 g/mol. The lowest BCUT2D eigenvalue weighted by molar-refractivity contribution is 0.0832. The van der Waals surface area contributed by atoms with Crippen molar-refractivity contribution in [3.8, 4) is 0 Å². The zero-order valence-electron chi connectivity index (χ0n) is 10.7. The van der Waals surface area contributed by atoms with E-state index in [1.54, 1.807) is 0 Å². The topological polar surface area (TPSA) is 81.4 Å². The monoisotopic (exact) mass is 322 g/mol. The third-order valence-electron chi connectivity index (χ3n) is 3.13. The minimum atomic E-state index is -3.97. The lowest BCUT2D eigenvalue weighted by atomic mass is 10.1. The SMILES string of the molecule is NCc1cc(Cl)cc(S(=O)(=O)NC2CCOCC2)c1F. The van der Waals surface area contributed by atoms with Crippen molar-refractivity contribution in [3.05, 3.63) is 28.5 Å². The molecule has 2 rings (SSSR count). The van der Waals surface area contributed by atoms with Crippen LogP contribution in [0, 0.1) is 5.82 Å². The number of ether oxygens (including phenoxy) is 1. The molecule has 0 atom stereocenters. The number of sulfonamides is 1. The van der Waals surface area contributed by atoms with Crippen LogP contribution in [0.3, 0.4) is 0 Å². The molecule has 0 aromatic heterocycles. The maximum Gasteiger partial charge on any atom is 0.243 e. The summed E-state index contributed by atoms with van der Waals surface area (Å²) in [6, 6.07) is 2.16. The van der Waals surface area contributed by atoms with Crippen molar-refractivity contribution in [2.45, 2.75) is 30.3 Å². The molecule has 0 bridgehead atoms. The molecule has 0 radical (unpaired) electrons. The van der Waals surface area contributed by atoms with E-state index in [0.717, 1.165) is 6.07 Å². The lowest BCUT2D eigenvalue weighted by Gasteiger charge is -2.23.